The lowest BCUT2D eigenvalue weighted by molar-refractivity contribution is -0.194. The largest absolute Gasteiger partial charge is 0.510 e. The van der Waals surface area contributed by atoms with Gasteiger partial charge >= 0.3 is 18.1 Å². The van der Waals surface area contributed by atoms with Crippen LogP contribution < -0.4 is 0 Å². The summed E-state index contributed by atoms with van der Waals surface area (Å²) in [5.74, 6) is -3.37. The van der Waals surface area contributed by atoms with Gasteiger partial charge in [0.05, 0.1) is 6.54 Å². The normalized spacial score (nSPS) is 23.3. The minimum Gasteiger partial charge on any atom is -0.429 e. The van der Waals surface area contributed by atoms with Crippen LogP contribution in [0, 0.1) is 0 Å². The third-order valence-electron chi connectivity index (χ3n) is 2.39. The van der Waals surface area contributed by atoms with Gasteiger partial charge in [-0.05, 0) is 20.8 Å². The predicted molar refractivity (Wildman–Crippen MR) is 61.8 cm³/mol. The van der Waals surface area contributed by atoms with Crippen LogP contribution in [-0.4, -0.2) is 60.4 Å². The number of amides is 2. The molecule has 1 rings (SSSR count). The Balaban J connectivity index is 2.80. The fraction of sp³-hybridized carbons (Fsp3) is 0.818. The van der Waals surface area contributed by atoms with E-state index in [0.717, 1.165) is 11.9 Å². The molecule has 0 aromatic carbocycles. The van der Waals surface area contributed by atoms with Gasteiger partial charge in [0.25, 0.3) is 0 Å². The fourth-order valence-electron chi connectivity index (χ4n) is 1.65. The molecule has 6 nitrogen and oxygen atoms in total. The highest BCUT2D eigenvalue weighted by molar-refractivity contribution is 5.75. The summed E-state index contributed by atoms with van der Waals surface area (Å²) >= 11 is 0. The Morgan fingerprint density at radius 2 is 1.89 bits per heavy atom. The first-order chi connectivity index (χ1) is 8.44. The number of nitrogens with zero attached hydrogens (tertiary/aromatic N) is 2. The van der Waals surface area contributed by atoms with Gasteiger partial charge in [0, 0.05) is 14.1 Å². The van der Waals surface area contributed by atoms with E-state index in [0.29, 0.717) is 4.90 Å². The van der Waals surface area contributed by atoms with Crippen molar-refractivity contribution < 1.29 is 27.8 Å². The molecule has 1 aliphatic rings. The number of hydrogen-bond donors (Lipinski definition) is 0. The number of ether oxygens (including phenoxy) is 2. The van der Waals surface area contributed by atoms with Crippen molar-refractivity contribution in [2.75, 3.05) is 20.6 Å². The van der Waals surface area contributed by atoms with E-state index in [1.54, 1.807) is 20.8 Å². The zero-order chi connectivity index (χ0) is 15.0. The van der Waals surface area contributed by atoms with Crippen LogP contribution >= 0.6 is 0 Å². The Kier molecular flexibility index (Phi) is 3.92. The Labute approximate surface area is 110 Å². The maximum Gasteiger partial charge on any atom is 0.510 e. The third-order valence-corrected chi connectivity index (χ3v) is 2.39. The number of carbonyl (C=O) groups is 2. The van der Waals surface area contributed by atoms with E-state index in [4.69, 9.17) is 4.74 Å². The van der Waals surface area contributed by atoms with Gasteiger partial charge in [-0.15, -0.1) is 0 Å². The van der Waals surface area contributed by atoms with E-state index in [-0.39, 0.29) is 0 Å². The second kappa shape index (κ2) is 4.82. The second-order valence-corrected chi connectivity index (χ2v) is 5.45. The van der Waals surface area contributed by atoms with Crippen LogP contribution in [0.5, 0.6) is 0 Å². The first-order valence-corrected chi connectivity index (χ1v) is 5.69. The highest BCUT2D eigenvalue weighted by atomic mass is 19.3. The Bertz CT molecular complexity index is 381. The Hall–Kier alpha value is -1.60. The summed E-state index contributed by atoms with van der Waals surface area (Å²) in [4.78, 5) is 24.5. The molecule has 0 radical (unpaired) electrons. The first-order valence-electron chi connectivity index (χ1n) is 5.69. The molecule has 1 aliphatic heterocycles. The summed E-state index contributed by atoms with van der Waals surface area (Å²) in [6.07, 6.45) is -3.20. The molecular weight excluding hydrogens is 262 g/mol. The summed E-state index contributed by atoms with van der Waals surface area (Å²) in [6, 6.07) is -0.653. The topological polar surface area (TPSA) is 59.1 Å². The van der Waals surface area contributed by atoms with E-state index in [2.05, 4.69) is 4.74 Å². The van der Waals surface area contributed by atoms with E-state index in [1.165, 1.54) is 7.05 Å². The zero-order valence-electron chi connectivity index (χ0n) is 11.6. The van der Waals surface area contributed by atoms with Crippen LogP contribution in [0.15, 0.2) is 0 Å². The van der Waals surface area contributed by atoms with Crippen LogP contribution in [0.3, 0.4) is 0 Å². The van der Waals surface area contributed by atoms with Gasteiger partial charge in [0.2, 0.25) is 6.23 Å². The molecule has 1 saturated heterocycles. The number of alkyl halides is 2. The highest BCUT2D eigenvalue weighted by Gasteiger charge is 2.53. The summed E-state index contributed by atoms with van der Waals surface area (Å²) in [6.45, 7) is 3.92. The van der Waals surface area contributed by atoms with Crippen LogP contribution in [0.1, 0.15) is 20.8 Å². The molecule has 19 heavy (non-hydrogen) atoms. The van der Waals surface area contributed by atoms with Crippen molar-refractivity contribution in [3.63, 3.8) is 0 Å². The molecule has 110 valence electrons. The minimum atomic E-state index is -3.37. The lowest BCUT2D eigenvalue weighted by Gasteiger charge is -2.41. The molecule has 1 heterocycles. The molecule has 0 N–H and O–H groups in total. The summed E-state index contributed by atoms with van der Waals surface area (Å²) in [5.41, 5.74) is -0.861. The van der Waals surface area contributed by atoms with Gasteiger partial charge in [0.15, 0.2) is 0 Å². The quantitative estimate of drug-likeness (QED) is 0.688. The highest BCUT2D eigenvalue weighted by Crippen LogP contribution is 2.30. The number of carbonyl (C=O) groups excluding carboxylic acids is 2. The lowest BCUT2D eigenvalue weighted by Crippen LogP contribution is -2.63. The predicted octanol–water partition coefficient (Wildman–Crippen LogP) is 1.90. The van der Waals surface area contributed by atoms with Gasteiger partial charge in [-0.2, -0.15) is 8.78 Å². The number of urea groups is 1. The number of hydrogen-bond acceptors (Lipinski definition) is 4. The van der Waals surface area contributed by atoms with Gasteiger partial charge in [-0.25, -0.2) is 9.59 Å². The molecule has 8 heteroatoms. The summed E-state index contributed by atoms with van der Waals surface area (Å²) < 4.78 is 36.9. The molecule has 1 atom stereocenters. The molecule has 0 bridgehead atoms. The monoisotopic (exact) mass is 280 g/mol. The van der Waals surface area contributed by atoms with Crippen molar-refractivity contribution in [2.45, 2.75) is 38.5 Å². The Morgan fingerprint density at radius 1 is 1.37 bits per heavy atom. The van der Waals surface area contributed by atoms with Gasteiger partial charge < -0.3 is 14.4 Å². The molecule has 0 aliphatic carbocycles. The minimum absolute atomic E-state index is 0.653. The second-order valence-electron chi connectivity index (χ2n) is 5.45. The molecule has 0 aromatic rings. The average Bonchev–Trinajstić information content (AvgIpc) is 2.18. The third kappa shape index (κ3) is 3.68. The fourth-order valence-corrected chi connectivity index (χ4v) is 1.65. The molecule has 2 amide bonds. The molecular formula is C11H18F2N2O4. The maximum atomic E-state index is 13.8. The number of rotatable bonds is 1. The molecule has 0 aromatic heterocycles. The average molecular weight is 280 g/mol. The van der Waals surface area contributed by atoms with E-state index >= 15 is 0 Å². The maximum absolute atomic E-state index is 13.8. The van der Waals surface area contributed by atoms with Crippen LogP contribution in [0.2, 0.25) is 0 Å². The van der Waals surface area contributed by atoms with Crippen molar-refractivity contribution in [1.29, 1.82) is 0 Å². The molecule has 0 spiro atoms. The Morgan fingerprint density at radius 3 is 2.37 bits per heavy atom. The van der Waals surface area contributed by atoms with Crippen LogP contribution in [0.4, 0.5) is 18.4 Å². The van der Waals surface area contributed by atoms with Gasteiger partial charge in [0.1, 0.15) is 5.60 Å². The van der Waals surface area contributed by atoms with Crippen molar-refractivity contribution in [3.8, 4) is 0 Å². The van der Waals surface area contributed by atoms with Crippen LogP contribution in [-0.2, 0) is 9.47 Å². The first kappa shape index (κ1) is 15.5. The zero-order valence-corrected chi connectivity index (χ0v) is 11.6. The van der Waals surface area contributed by atoms with Gasteiger partial charge in [-0.1, -0.05) is 0 Å². The van der Waals surface area contributed by atoms with Crippen molar-refractivity contribution >= 4 is 12.2 Å². The van der Waals surface area contributed by atoms with E-state index < -0.39 is 36.5 Å². The molecule has 1 unspecified atom stereocenters. The van der Waals surface area contributed by atoms with Crippen molar-refractivity contribution in [2.24, 2.45) is 0 Å². The van der Waals surface area contributed by atoms with Crippen molar-refractivity contribution in [3.05, 3.63) is 0 Å². The van der Waals surface area contributed by atoms with E-state index in [9.17, 15) is 18.4 Å². The smallest absolute Gasteiger partial charge is 0.429 e. The SMILES string of the molecule is CN1CC(F)(F)C(OC(=O)OC(C)(C)C)N(C)C1=O. The van der Waals surface area contributed by atoms with E-state index in [1.807, 2.05) is 0 Å². The summed E-state index contributed by atoms with van der Waals surface area (Å²) in [7, 11) is 2.39. The summed E-state index contributed by atoms with van der Waals surface area (Å²) in [5, 5.41) is 0. The molecule has 0 saturated carbocycles. The van der Waals surface area contributed by atoms with Crippen LogP contribution in [0.25, 0.3) is 0 Å². The van der Waals surface area contributed by atoms with Gasteiger partial charge in [-0.3, -0.25) is 4.90 Å². The lowest BCUT2D eigenvalue weighted by atomic mass is 10.2. The standard InChI is InChI=1S/C11H18F2N2O4/c1-10(2,3)19-9(17)18-7-11(12,13)6-14(4)8(16)15(7)5/h7H,6H2,1-5H3. The molecule has 1 fully saturated rings. The number of halogens is 2. The van der Waals surface area contributed by atoms with Crippen molar-refractivity contribution in [1.82, 2.24) is 9.80 Å².